The Balaban J connectivity index is 3.02. The van der Waals surface area contributed by atoms with Crippen LogP contribution in [0.3, 0.4) is 0 Å². The summed E-state index contributed by atoms with van der Waals surface area (Å²) in [5.74, 6) is 0. The molecule has 0 aliphatic rings. The number of allylic oxidation sites excluding steroid dienone is 1. The third kappa shape index (κ3) is 2.05. The van der Waals surface area contributed by atoms with E-state index in [2.05, 4.69) is 6.58 Å². The molecular formula is C12H14O. The Labute approximate surface area is 79.1 Å². The predicted molar refractivity (Wildman–Crippen MR) is 54.7 cm³/mol. The molecule has 1 rings (SSSR count). The van der Waals surface area contributed by atoms with Gasteiger partial charge in [-0.05, 0) is 5.56 Å². The Kier molecular flexibility index (Phi) is 3.02. The van der Waals surface area contributed by atoms with Crippen LogP contribution >= 0.6 is 0 Å². The zero-order chi connectivity index (χ0) is 9.73. The Bertz CT molecular complexity index is 289. The Morgan fingerprint density at radius 1 is 1.38 bits per heavy atom. The fraction of sp³-hybridized carbons (Fsp3) is 0.250. The lowest BCUT2D eigenvalue weighted by Crippen LogP contribution is -2.18. The molecule has 0 saturated carbocycles. The molecule has 1 aromatic rings. The summed E-state index contributed by atoms with van der Waals surface area (Å²) in [6, 6.07) is 9.95. The summed E-state index contributed by atoms with van der Waals surface area (Å²) >= 11 is 0. The van der Waals surface area contributed by atoms with Crippen LogP contribution in [0.2, 0.25) is 0 Å². The van der Waals surface area contributed by atoms with E-state index >= 15 is 0 Å². The number of carbonyl (C=O) groups excluding carboxylic acids is 1. The van der Waals surface area contributed by atoms with Crippen molar-refractivity contribution in [3.8, 4) is 0 Å². The average Bonchev–Trinajstić information content (AvgIpc) is 2.19. The van der Waals surface area contributed by atoms with E-state index in [1.807, 2.05) is 43.3 Å². The van der Waals surface area contributed by atoms with Crippen LogP contribution in [0.1, 0.15) is 18.9 Å². The smallest absolute Gasteiger partial charge is 0.121 e. The number of hydrogen-bond acceptors (Lipinski definition) is 1. The van der Waals surface area contributed by atoms with Gasteiger partial charge in [0.2, 0.25) is 0 Å². The Morgan fingerprint density at radius 2 is 2.00 bits per heavy atom. The number of carbonyl (C=O) groups is 1. The first kappa shape index (κ1) is 9.72. The SMILES string of the molecule is C=CC(C)(CC=O)c1ccccc1. The summed E-state index contributed by atoms with van der Waals surface area (Å²) < 4.78 is 0. The van der Waals surface area contributed by atoms with Crippen molar-refractivity contribution < 1.29 is 4.79 Å². The van der Waals surface area contributed by atoms with Crippen molar-refractivity contribution in [3.05, 3.63) is 48.6 Å². The quantitative estimate of drug-likeness (QED) is 0.506. The van der Waals surface area contributed by atoms with E-state index in [-0.39, 0.29) is 5.41 Å². The number of hydrogen-bond donors (Lipinski definition) is 0. The number of rotatable bonds is 4. The van der Waals surface area contributed by atoms with Gasteiger partial charge >= 0.3 is 0 Å². The summed E-state index contributed by atoms with van der Waals surface area (Å²) in [6.07, 6.45) is 3.26. The van der Waals surface area contributed by atoms with Gasteiger partial charge < -0.3 is 4.79 Å². The van der Waals surface area contributed by atoms with Crippen LogP contribution in [-0.2, 0) is 10.2 Å². The van der Waals surface area contributed by atoms with Gasteiger partial charge in [0.15, 0.2) is 0 Å². The maximum Gasteiger partial charge on any atom is 0.121 e. The van der Waals surface area contributed by atoms with Gasteiger partial charge in [0, 0.05) is 11.8 Å². The number of aldehydes is 1. The second-order valence-corrected chi connectivity index (χ2v) is 3.36. The highest BCUT2D eigenvalue weighted by Gasteiger charge is 2.21. The van der Waals surface area contributed by atoms with E-state index in [9.17, 15) is 4.79 Å². The molecule has 0 spiro atoms. The lowest BCUT2D eigenvalue weighted by atomic mass is 9.80. The molecule has 1 atom stereocenters. The van der Waals surface area contributed by atoms with Crippen LogP contribution in [0.5, 0.6) is 0 Å². The standard InChI is InChI=1S/C12H14O/c1-3-12(2,9-10-13)11-7-5-4-6-8-11/h3-8,10H,1,9H2,2H3. The van der Waals surface area contributed by atoms with Gasteiger partial charge in [0.1, 0.15) is 6.29 Å². The molecular weight excluding hydrogens is 160 g/mol. The van der Waals surface area contributed by atoms with Crippen molar-refractivity contribution >= 4 is 6.29 Å². The topological polar surface area (TPSA) is 17.1 Å². The molecule has 0 aliphatic heterocycles. The largest absolute Gasteiger partial charge is 0.303 e. The summed E-state index contributed by atoms with van der Waals surface area (Å²) in [5, 5.41) is 0. The molecule has 0 radical (unpaired) electrons. The monoisotopic (exact) mass is 174 g/mol. The van der Waals surface area contributed by atoms with Crippen molar-refractivity contribution in [3.63, 3.8) is 0 Å². The molecule has 0 N–H and O–H groups in total. The zero-order valence-corrected chi connectivity index (χ0v) is 7.86. The molecule has 1 aromatic carbocycles. The molecule has 0 amide bonds. The van der Waals surface area contributed by atoms with E-state index in [1.165, 1.54) is 0 Å². The molecule has 68 valence electrons. The van der Waals surface area contributed by atoms with Crippen LogP contribution in [0, 0.1) is 0 Å². The molecule has 1 nitrogen and oxygen atoms in total. The van der Waals surface area contributed by atoms with E-state index in [1.54, 1.807) is 0 Å². The minimum Gasteiger partial charge on any atom is -0.303 e. The molecule has 0 saturated heterocycles. The van der Waals surface area contributed by atoms with Crippen molar-refractivity contribution in [2.24, 2.45) is 0 Å². The zero-order valence-electron chi connectivity index (χ0n) is 7.86. The molecule has 0 fully saturated rings. The second-order valence-electron chi connectivity index (χ2n) is 3.36. The van der Waals surface area contributed by atoms with E-state index in [0.717, 1.165) is 11.8 Å². The van der Waals surface area contributed by atoms with Gasteiger partial charge in [-0.3, -0.25) is 0 Å². The van der Waals surface area contributed by atoms with Crippen LogP contribution in [0.25, 0.3) is 0 Å². The molecule has 0 aromatic heterocycles. The van der Waals surface area contributed by atoms with Crippen LogP contribution in [-0.4, -0.2) is 6.29 Å². The predicted octanol–water partition coefficient (Wildman–Crippen LogP) is 2.72. The molecule has 0 heterocycles. The normalized spacial score (nSPS) is 14.5. The first-order chi connectivity index (χ1) is 6.23. The van der Waals surface area contributed by atoms with E-state index in [0.29, 0.717) is 6.42 Å². The summed E-state index contributed by atoms with van der Waals surface area (Å²) in [5.41, 5.74) is 0.917. The van der Waals surface area contributed by atoms with Gasteiger partial charge in [-0.15, -0.1) is 6.58 Å². The van der Waals surface area contributed by atoms with Crippen LogP contribution in [0.4, 0.5) is 0 Å². The third-order valence-corrected chi connectivity index (χ3v) is 2.39. The average molecular weight is 174 g/mol. The summed E-state index contributed by atoms with van der Waals surface area (Å²) in [6.45, 7) is 5.79. The summed E-state index contributed by atoms with van der Waals surface area (Å²) in [4.78, 5) is 10.5. The molecule has 13 heavy (non-hydrogen) atoms. The minimum absolute atomic E-state index is 0.219. The van der Waals surface area contributed by atoms with Gasteiger partial charge in [-0.25, -0.2) is 0 Å². The summed E-state index contributed by atoms with van der Waals surface area (Å²) in [7, 11) is 0. The molecule has 0 aliphatic carbocycles. The number of benzene rings is 1. The fourth-order valence-electron chi connectivity index (χ4n) is 1.31. The van der Waals surface area contributed by atoms with Crippen LogP contribution in [0.15, 0.2) is 43.0 Å². The van der Waals surface area contributed by atoms with Gasteiger partial charge in [-0.1, -0.05) is 43.3 Å². The Morgan fingerprint density at radius 3 is 2.46 bits per heavy atom. The maximum absolute atomic E-state index is 10.5. The lowest BCUT2D eigenvalue weighted by Gasteiger charge is -2.23. The van der Waals surface area contributed by atoms with Gasteiger partial charge in [-0.2, -0.15) is 0 Å². The highest BCUT2D eigenvalue weighted by molar-refractivity contribution is 5.54. The molecule has 0 bridgehead atoms. The Hall–Kier alpha value is -1.37. The molecule has 1 unspecified atom stereocenters. The van der Waals surface area contributed by atoms with E-state index in [4.69, 9.17) is 0 Å². The van der Waals surface area contributed by atoms with Crippen LogP contribution < -0.4 is 0 Å². The lowest BCUT2D eigenvalue weighted by molar-refractivity contribution is -0.108. The fourth-order valence-corrected chi connectivity index (χ4v) is 1.31. The van der Waals surface area contributed by atoms with Crippen molar-refractivity contribution in [1.82, 2.24) is 0 Å². The highest BCUT2D eigenvalue weighted by Crippen LogP contribution is 2.27. The maximum atomic E-state index is 10.5. The van der Waals surface area contributed by atoms with Crippen molar-refractivity contribution in [1.29, 1.82) is 0 Å². The van der Waals surface area contributed by atoms with Crippen molar-refractivity contribution in [2.45, 2.75) is 18.8 Å². The third-order valence-electron chi connectivity index (χ3n) is 2.39. The second kappa shape index (κ2) is 4.04. The minimum atomic E-state index is -0.219. The highest BCUT2D eigenvalue weighted by atomic mass is 16.1. The first-order valence-electron chi connectivity index (χ1n) is 4.36. The van der Waals surface area contributed by atoms with Crippen molar-refractivity contribution in [2.75, 3.05) is 0 Å². The molecule has 1 heteroatoms. The van der Waals surface area contributed by atoms with E-state index < -0.39 is 0 Å². The van der Waals surface area contributed by atoms with Gasteiger partial charge in [0.25, 0.3) is 0 Å². The first-order valence-corrected chi connectivity index (χ1v) is 4.36. The van der Waals surface area contributed by atoms with Gasteiger partial charge in [0.05, 0.1) is 0 Å².